The summed E-state index contributed by atoms with van der Waals surface area (Å²) in [4.78, 5) is 17.8. The van der Waals surface area contributed by atoms with E-state index in [1.807, 2.05) is 4.90 Å². The van der Waals surface area contributed by atoms with E-state index in [0.29, 0.717) is 54.3 Å². The van der Waals surface area contributed by atoms with E-state index in [4.69, 9.17) is 21.3 Å². The summed E-state index contributed by atoms with van der Waals surface area (Å²) in [6, 6.07) is 2.98. The zero-order valence-electron chi connectivity index (χ0n) is 23.0. The number of ether oxygens (including phenoxy) is 1. The molecule has 4 fully saturated rings. The number of alkyl halides is 1. The number of aliphatic hydroxyl groups is 1. The van der Waals surface area contributed by atoms with Crippen molar-refractivity contribution in [2.75, 3.05) is 37.7 Å². The van der Waals surface area contributed by atoms with Crippen LogP contribution in [0.2, 0.25) is 5.02 Å². The van der Waals surface area contributed by atoms with E-state index in [0.717, 1.165) is 44.2 Å². The van der Waals surface area contributed by atoms with Crippen LogP contribution in [0.1, 0.15) is 63.4 Å². The predicted octanol–water partition coefficient (Wildman–Crippen LogP) is 5.37. The summed E-state index contributed by atoms with van der Waals surface area (Å²) >= 11 is 6.51. The highest BCUT2D eigenvalue weighted by Crippen LogP contribution is 2.49. The number of nitrogens with zero attached hydrogens (tertiary/aromatic N) is 5. The van der Waals surface area contributed by atoms with Gasteiger partial charge in [0.2, 0.25) is 0 Å². The van der Waals surface area contributed by atoms with Gasteiger partial charge >= 0.3 is 6.01 Å². The van der Waals surface area contributed by atoms with Crippen molar-refractivity contribution in [3.8, 4) is 23.0 Å². The molecule has 3 aromatic rings. The lowest BCUT2D eigenvalue weighted by Crippen LogP contribution is -2.46. The highest BCUT2D eigenvalue weighted by atomic mass is 35.5. The molecule has 3 aliphatic heterocycles. The minimum atomic E-state index is -0.927. The number of phenols is 1. The van der Waals surface area contributed by atoms with Gasteiger partial charge in [0.1, 0.15) is 35.6 Å². The Kier molecular flexibility index (Phi) is 6.52. The lowest BCUT2D eigenvalue weighted by Gasteiger charge is -2.38. The molecule has 0 radical (unpaired) electrons. The number of benzene rings is 1. The third-order valence-electron chi connectivity index (χ3n) is 9.20. The summed E-state index contributed by atoms with van der Waals surface area (Å²) in [6.07, 6.45) is 6.11. The van der Waals surface area contributed by atoms with Crippen LogP contribution >= 0.6 is 11.6 Å². The Bertz CT molecular complexity index is 1520. The van der Waals surface area contributed by atoms with Crippen molar-refractivity contribution in [1.82, 2.24) is 19.9 Å². The van der Waals surface area contributed by atoms with Crippen molar-refractivity contribution in [3.63, 3.8) is 0 Å². The zero-order chi connectivity index (χ0) is 28.5. The van der Waals surface area contributed by atoms with Crippen LogP contribution in [-0.4, -0.2) is 80.2 Å². The predicted molar refractivity (Wildman–Crippen MR) is 152 cm³/mol. The van der Waals surface area contributed by atoms with Crippen LogP contribution in [0.15, 0.2) is 18.3 Å². The molecular formula is C30H34ClF2N5O3. The van der Waals surface area contributed by atoms with E-state index < -0.39 is 23.1 Å². The van der Waals surface area contributed by atoms with Gasteiger partial charge in [-0.25, -0.2) is 8.78 Å². The number of aromatic hydroxyl groups is 1. The largest absolute Gasteiger partial charge is 0.508 e. The molecule has 1 aromatic carbocycles. The maximum atomic E-state index is 16.5. The van der Waals surface area contributed by atoms with Crippen molar-refractivity contribution in [2.24, 2.45) is 0 Å². The van der Waals surface area contributed by atoms with Gasteiger partial charge in [-0.3, -0.25) is 9.88 Å². The second kappa shape index (κ2) is 9.88. The van der Waals surface area contributed by atoms with E-state index in [1.165, 1.54) is 12.1 Å². The first-order valence-electron chi connectivity index (χ1n) is 14.5. The number of rotatable bonds is 6. The van der Waals surface area contributed by atoms with E-state index in [-0.39, 0.29) is 35.5 Å². The molecule has 3 saturated heterocycles. The Morgan fingerprint density at radius 3 is 2.76 bits per heavy atom. The summed E-state index contributed by atoms with van der Waals surface area (Å²) < 4.78 is 37.1. The molecule has 1 aliphatic carbocycles. The minimum Gasteiger partial charge on any atom is -0.508 e. The van der Waals surface area contributed by atoms with Gasteiger partial charge in [-0.2, -0.15) is 9.97 Å². The Hall–Kier alpha value is -2.82. The molecular weight excluding hydrogens is 552 g/mol. The number of hydrogen-bond acceptors (Lipinski definition) is 8. The lowest BCUT2D eigenvalue weighted by molar-refractivity contribution is 0.0447. The third kappa shape index (κ3) is 4.87. The first-order chi connectivity index (χ1) is 19.6. The van der Waals surface area contributed by atoms with Crippen molar-refractivity contribution in [3.05, 3.63) is 34.7 Å². The number of phenolic OH excluding ortho intramolecular Hbond substituents is 1. The van der Waals surface area contributed by atoms with Crippen LogP contribution in [0.3, 0.4) is 0 Å². The molecule has 11 heteroatoms. The highest BCUT2D eigenvalue weighted by Gasteiger charge is 2.49. The fourth-order valence-corrected chi connectivity index (χ4v) is 7.52. The minimum absolute atomic E-state index is 0.00802. The van der Waals surface area contributed by atoms with Crippen LogP contribution < -0.4 is 9.64 Å². The Labute approximate surface area is 242 Å². The Morgan fingerprint density at radius 1 is 1.17 bits per heavy atom. The van der Waals surface area contributed by atoms with Crippen LogP contribution in [0.5, 0.6) is 11.8 Å². The quantitative estimate of drug-likeness (QED) is 0.399. The molecule has 0 unspecified atom stereocenters. The van der Waals surface area contributed by atoms with E-state index in [1.54, 1.807) is 13.1 Å². The van der Waals surface area contributed by atoms with E-state index >= 15 is 4.39 Å². The number of halogens is 3. The van der Waals surface area contributed by atoms with Crippen molar-refractivity contribution in [2.45, 2.75) is 75.1 Å². The summed E-state index contributed by atoms with van der Waals surface area (Å²) in [7, 11) is 0. The van der Waals surface area contributed by atoms with Crippen molar-refractivity contribution >= 4 is 28.3 Å². The molecule has 218 valence electrons. The average Bonchev–Trinajstić information content (AvgIpc) is 3.60. The second-order valence-electron chi connectivity index (χ2n) is 12.6. The maximum absolute atomic E-state index is 16.5. The van der Waals surface area contributed by atoms with Gasteiger partial charge < -0.3 is 19.8 Å². The molecule has 0 amide bonds. The Morgan fingerprint density at radius 2 is 1.98 bits per heavy atom. The summed E-state index contributed by atoms with van der Waals surface area (Å²) in [5.41, 5.74) is -0.0292. The van der Waals surface area contributed by atoms with Gasteiger partial charge in [0.05, 0.1) is 16.5 Å². The van der Waals surface area contributed by atoms with Gasteiger partial charge in [-0.1, -0.05) is 11.6 Å². The van der Waals surface area contributed by atoms with Crippen LogP contribution in [0.4, 0.5) is 14.6 Å². The molecule has 41 heavy (non-hydrogen) atoms. The zero-order valence-corrected chi connectivity index (χ0v) is 23.8. The van der Waals surface area contributed by atoms with Crippen LogP contribution in [0, 0.1) is 5.82 Å². The smallest absolute Gasteiger partial charge is 0.319 e. The van der Waals surface area contributed by atoms with Crippen molar-refractivity contribution < 1.29 is 23.7 Å². The summed E-state index contributed by atoms with van der Waals surface area (Å²) in [6.45, 7) is 4.16. The van der Waals surface area contributed by atoms with Crippen LogP contribution in [0.25, 0.3) is 22.2 Å². The van der Waals surface area contributed by atoms with Crippen molar-refractivity contribution in [1.29, 1.82) is 0 Å². The van der Waals surface area contributed by atoms with Gasteiger partial charge in [-0.05, 0) is 75.6 Å². The monoisotopic (exact) mass is 585 g/mol. The first-order valence-corrected chi connectivity index (χ1v) is 14.9. The number of pyridine rings is 1. The number of aromatic nitrogens is 3. The average molecular weight is 586 g/mol. The molecule has 4 aliphatic rings. The van der Waals surface area contributed by atoms with E-state index in [9.17, 15) is 14.6 Å². The fourth-order valence-electron chi connectivity index (χ4n) is 7.15. The number of β-amino-alcohol motifs (C(OH)–C–C–N with tert-alkyl or cyclic N) is 1. The molecule has 0 bridgehead atoms. The first kappa shape index (κ1) is 27.0. The topological polar surface area (TPSA) is 94.8 Å². The number of fused-ring (bicyclic) bond motifs is 2. The van der Waals surface area contributed by atoms with Gasteiger partial charge in [0, 0.05) is 42.8 Å². The molecule has 7 rings (SSSR count). The highest BCUT2D eigenvalue weighted by molar-refractivity contribution is 6.32. The molecule has 2 aromatic heterocycles. The maximum Gasteiger partial charge on any atom is 0.319 e. The molecule has 0 spiro atoms. The van der Waals surface area contributed by atoms with E-state index in [2.05, 4.69) is 14.9 Å². The number of hydrogen-bond donors (Lipinski definition) is 2. The summed E-state index contributed by atoms with van der Waals surface area (Å²) in [5, 5.41) is 21.9. The second-order valence-corrected chi connectivity index (χ2v) is 13.0. The fraction of sp³-hybridized carbons (Fsp3) is 0.567. The molecule has 5 heterocycles. The molecule has 1 saturated carbocycles. The third-order valence-corrected chi connectivity index (χ3v) is 9.52. The van der Waals surface area contributed by atoms with Gasteiger partial charge in [0.15, 0.2) is 5.82 Å². The lowest BCUT2D eigenvalue weighted by atomic mass is 9.95. The molecule has 3 atom stereocenters. The SMILES string of the molecule is C[C@@]1(O)CCCN(c2nc(OC[C@@]34CCCN3C[C@H](F)C4)nc3c(F)c(-c4cc(O)cc(Cl)c4C4CC4)ncc23)C1. The summed E-state index contributed by atoms with van der Waals surface area (Å²) in [5.74, 6) is -0.102. The number of piperidine rings is 1. The molecule has 2 N–H and O–H groups in total. The number of anilines is 1. The standard InChI is InChI=1S/C30H34ClF2N5O3/c1-29(40)6-2-8-37(15-29)27-21-13-34-25(20-10-19(39)11-22(31)23(20)17-4-5-17)24(33)26(21)35-28(36-27)41-16-30-7-3-9-38(30)14-18(32)12-30/h10-11,13,17-18,39-40H,2-9,12,14-16H2,1H3/t18-,29-,30+/m1/s1. The van der Waals surface area contributed by atoms with Gasteiger partial charge in [0.25, 0.3) is 0 Å². The van der Waals surface area contributed by atoms with Gasteiger partial charge in [-0.15, -0.1) is 0 Å². The Balaban J connectivity index is 1.34. The van der Waals surface area contributed by atoms with Crippen LogP contribution in [-0.2, 0) is 0 Å². The normalized spacial score (nSPS) is 28.4. The molecule has 8 nitrogen and oxygen atoms in total.